The normalized spacial score (nSPS) is 26.9. The van der Waals surface area contributed by atoms with Crippen molar-refractivity contribution in [3.8, 4) is 0 Å². The van der Waals surface area contributed by atoms with Crippen molar-refractivity contribution >= 4 is 0 Å². The van der Waals surface area contributed by atoms with Gasteiger partial charge in [0.1, 0.15) is 0 Å². The van der Waals surface area contributed by atoms with E-state index in [1.54, 1.807) is 0 Å². The van der Waals surface area contributed by atoms with Crippen LogP contribution in [0.1, 0.15) is 52.4 Å². The summed E-state index contributed by atoms with van der Waals surface area (Å²) in [5, 5.41) is 0. The van der Waals surface area contributed by atoms with Gasteiger partial charge in [-0.3, -0.25) is 4.90 Å². The average Bonchev–Trinajstić information content (AvgIpc) is 2.52. The lowest BCUT2D eigenvalue weighted by Crippen LogP contribution is -2.38. The number of hydrogen-bond acceptors (Lipinski definition) is 3. The molecule has 2 rings (SSSR count). The predicted octanol–water partition coefficient (Wildman–Crippen LogP) is 3.25. The van der Waals surface area contributed by atoms with Gasteiger partial charge in [-0.25, -0.2) is 0 Å². The Kier molecular flexibility index (Phi) is 8.05. The molecule has 0 spiro atoms. The van der Waals surface area contributed by atoms with Crippen molar-refractivity contribution in [2.45, 2.75) is 52.4 Å². The van der Waals surface area contributed by atoms with Crippen LogP contribution in [0.5, 0.6) is 0 Å². The summed E-state index contributed by atoms with van der Waals surface area (Å²) < 4.78 is 5.42. The Morgan fingerprint density at radius 2 is 1.90 bits per heavy atom. The quantitative estimate of drug-likeness (QED) is 0.684. The fourth-order valence-electron chi connectivity index (χ4n) is 3.84. The molecule has 0 saturated carbocycles. The van der Waals surface area contributed by atoms with Gasteiger partial charge in [0, 0.05) is 19.6 Å². The summed E-state index contributed by atoms with van der Waals surface area (Å²) in [4.78, 5) is 5.29. The highest BCUT2D eigenvalue weighted by atomic mass is 16.5. The van der Waals surface area contributed by atoms with Gasteiger partial charge in [0.25, 0.3) is 0 Å². The minimum Gasteiger partial charge on any atom is -0.379 e. The van der Waals surface area contributed by atoms with E-state index in [0.29, 0.717) is 0 Å². The lowest BCUT2D eigenvalue weighted by Gasteiger charge is -2.34. The third-order valence-electron chi connectivity index (χ3n) is 5.21. The van der Waals surface area contributed by atoms with Crippen LogP contribution in [-0.2, 0) is 4.74 Å². The van der Waals surface area contributed by atoms with Crippen molar-refractivity contribution in [2.24, 2.45) is 11.8 Å². The van der Waals surface area contributed by atoms with Crippen molar-refractivity contribution in [3.05, 3.63) is 0 Å². The maximum absolute atomic E-state index is 5.42. The summed E-state index contributed by atoms with van der Waals surface area (Å²) in [6, 6.07) is 0. The molecule has 0 amide bonds. The zero-order valence-electron chi connectivity index (χ0n) is 14.4. The van der Waals surface area contributed by atoms with E-state index < -0.39 is 0 Å². The molecular weight excluding hydrogens is 260 g/mol. The lowest BCUT2D eigenvalue weighted by atomic mass is 9.87. The molecule has 3 heteroatoms. The SMILES string of the molecule is CCCCN1CCCC(CC(C)CCN2CCOCC2)C1. The van der Waals surface area contributed by atoms with Gasteiger partial charge in [-0.2, -0.15) is 0 Å². The Hall–Kier alpha value is -0.120. The Labute approximate surface area is 132 Å². The fourth-order valence-corrected chi connectivity index (χ4v) is 3.84. The second kappa shape index (κ2) is 9.81. The Morgan fingerprint density at radius 1 is 1.10 bits per heavy atom. The molecule has 2 unspecified atom stereocenters. The lowest BCUT2D eigenvalue weighted by molar-refractivity contribution is 0.0348. The third kappa shape index (κ3) is 6.66. The Balaban J connectivity index is 1.60. The molecule has 0 radical (unpaired) electrons. The van der Waals surface area contributed by atoms with Gasteiger partial charge in [-0.05, 0) is 63.6 Å². The summed E-state index contributed by atoms with van der Waals surface area (Å²) >= 11 is 0. The number of piperidine rings is 1. The molecular formula is C18H36N2O. The van der Waals surface area contributed by atoms with Crippen molar-refractivity contribution in [2.75, 3.05) is 52.5 Å². The van der Waals surface area contributed by atoms with Gasteiger partial charge in [-0.1, -0.05) is 20.3 Å². The van der Waals surface area contributed by atoms with Crippen molar-refractivity contribution in [1.29, 1.82) is 0 Å². The molecule has 0 N–H and O–H groups in total. The molecule has 0 aromatic carbocycles. The molecule has 2 fully saturated rings. The first kappa shape index (κ1) is 17.2. The Bertz CT molecular complexity index is 266. The minimum absolute atomic E-state index is 0.879. The number of likely N-dealkylation sites (tertiary alicyclic amines) is 1. The van der Waals surface area contributed by atoms with Crippen LogP contribution in [0.2, 0.25) is 0 Å². The highest BCUT2D eigenvalue weighted by Crippen LogP contribution is 2.25. The molecule has 21 heavy (non-hydrogen) atoms. The highest BCUT2D eigenvalue weighted by molar-refractivity contribution is 4.75. The number of morpholine rings is 1. The predicted molar refractivity (Wildman–Crippen MR) is 89.7 cm³/mol. The highest BCUT2D eigenvalue weighted by Gasteiger charge is 2.21. The van der Waals surface area contributed by atoms with E-state index in [9.17, 15) is 0 Å². The second-order valence-corrected chi connectivity index (χ2v) is 7.25. The van der Waals surface area contributed by atoms with Gasteiger partial charge in [0.05, 0.1) is 13.2 Å². The van der Waals surface area contributed by atoms with Crippen LogP contribution >= 0.6 is 0 Å². The first-order chi connectivity index (χ1) is 10.3. The zero-order chi connectivity index (χ0) is 14.9. The summed E-state index contributed by atoms with van der Waals surface area (Å²) in [6.45, 7) is 14.2. The summed E-state index contributed by atoms with van der Waals surface area (Å²) in [7, 11) is 0. The van der Waals surface area contributed by atoms with E-state index in [-0.39, 0.29) is 0 Å². The molecule has 2 saturated heterocycles. The molecule has 2 atom stereocenters. The smallest absolute Gasteiger partial charge is 0.0594 e. The van der Waals surface area contributed by atoms with Gasteiger partial charge >= 0.3 is 0 Å². The van der Waals surface area contributed by atoms with Crippen LogP contribution in [0.3, 0.4) is 0 Å². The van der Waals surface area contributed by atoms with E-state index >= 15 is 0 Å². The zero-order valence-corrected chi connectivity index (χ0v) is 14.4. The molecule has 0 aromatic heterocycles. The molecule has 2 aliphatic heterocycles. The van der Waals surface area contributed by atoms with E-state index in [2.05, 4.69) is 23.6 Å². The van der Waals surface area contributed by atoms with Crippen LogP contribution in [0.25, 0.3) is 0 Å². The van der Waals surface area contributed by atoms with Crippen LogP contribution < -0.4 is 0 Å². The first-order valence-corrected chi connectivity index (χ1v) is 9.30. The average molecular weight is 296 g/mol. The molecule has 0 aromatic rings. The molecule has 2 heterocycles. The van der Waals surface area contributed by atoms with E-state index in [0.717, 1.165) is 38.1 Å². The van der Waals surface area contributed by atoms with E-state index in [1.807, 2.05) is 0 Å². The van der Waals surface area contributed by atoms with Crippen molar-refractivity contribution in [3.63, 3.8) is 0 Å². The topological polar surface area (TPSA) is 15.7 Å². The van der Waals surface area contributed by atoms with Gasteiger partial charge < -0.3 is 9.64 Å². The number of hydrogen-bond donors (Lipinski definition) is 0. The maximum atomic E-state index is 5.42. The largest absolute Gasteiger partial charge is 0.379 e. The monoisotopic (exact) mass is 296 g/mol. The summed E-state index contributed by atoms with van der Waals surface area (Å²) in [5.74, 6) is 1.83. The third-order valence-corrected chi connectivity index (χ3v) is 5.21. The fraction of sp³-hybridized carbons (Fsp3) is 1.00. The van der Waals surface area contributed by atoms with E-state index in [4.69, 9.17) is 4.74 Å². The standard InChI is InChI=1S/C18H36N2O/c1-3-4-8-20-9-5-6-18(16-20)15-17(2)7-10-19-11-13-21-14-12-19/h17-18H,3-16H2,1-2H3. The van der Waals surface area contributed by atoms with Gasteiger partial charge in [0.2, 0.25) is 0 Å². The van der Waals surface area contributed by atoms with Gasteiger partial charge in [-0.15, -0.1) is 0 Å². The number of rotatable bonds is 8. The second-order valence-electron chi connectivity index (χ2n) is 7.25. The molecule has 0 aliphatic carbocycles. The van der Waals surface area contributed by atoms with Crippen LogP contribution in [0, 0.1) is 11.8 Å². The minimum atomic E-state index is 0.879. The Morgan fingerprint density at radius 3 is 2.67 bits per heavy atom. The number of unbranched alkanes of at least 4 members (excludes halogenated alkanes) is 1. The number of nitrogens with zero attached hydrogens (tertiary/aromatic N) is 2. The van der Waals surface area contributed by atoms with Crippen molar-refractivity contribution in [1.82, 2.24) is 9.80 Å². The maximum Gasteiger partial charge on any atom is 0.0594 e. The van der Waals surface area contributed by atoms with Crippen LogP contribution in [0.15, 0.2) is 0 Å². The van der Waals surface area contributed by atoms with E-state index in [1.165, 1.54) is 64.7 Å². The van der Waals surface area contributed by atoms with Crippen LogP contribution in [0.4, 0.5) is 0 Å². The van der Waals surface area contributed by atoms with Crippen molar-refractivity contribution < 1.29 is 4.74 Å². The van der Waals surface area contributed by atoms with Gasteiger partial charge in [0.15, 0.2) is 0 Å². The first-order valence-electron chi connectivity index (χ1n) is 9.30. The molecule has 0 bridgehead atoms. The number of ether oxygens (including phenoxy) is 1. The molecule has 124 valence electrons. The summed E-state index contributed by atoms with van der Waals surface area (Å²) in [5.41, 5.74) is 0. The summed E-state index contributed by atoms with van der Waals surface area (Å²) in [6.07, 6.45) is 8.39. The molecule has 2 aliphatic rings. The molecule has 3 nitrogen and oxygen atoms in total. The van der Waals surface area contributed by atoms with Crippen LogP contribution in [-0.4, -0.2) is 62.3 Å².